The molecule has 0 spiro atoms. The summed E-state index contributed by atoms with van der Waals surface area (Å²) in [5, 5.41) is 9.30. The summed E-state index contributed by atoms with van der Waals surface area (Å²) < 4.78 is 0. The summed E-state index contributed by atoms with van der Waals surface area (Å²) >= 11 is 1.42. The number of hydrogen-bond donors (Lipinski definition) is 2. The highest BCUT2D eigenvalue weighted by Gasteiger charge is 2.10. The Labute approximate surface area is 80.2 Å². The lowest BCUT2D eigenvalue weighted by atomic mass is 10.3. The lowest BCUT2D eigenvalue weighted by Crippen LogP contribution is -2.04. The van der Waals surface area contributed by atoms with Crippen LogP contribution in [0.3, 0.4) is 0 Å². The Balaban J connectivity index is 3.23. The van der Waals surface area contributed by atoms with E-state index in [9.17, 15) is 0 Å². The second kappa shape index (κ2) is 3.96. The zero-order chi connectivity index (χ0) is 9.84. The first-order chi connectivity index (χ1) is 6.19. The molecule has 68 valence electrons. The quantitative estimate of drug-likeness (QED) is 0.530. The van der Waals surface area contributed by atoms with Crippen LogP contribution in [0.1, 0.15) is 12.5 Å². The molecule has 0 amide bonds. The molecule has 5 nitrogen and oxygen atoms in total. The summed E-state index contributed by atoms with van der Waals surface area (Å²) in [6.45, 7) is 1.96. The first-order valence-electron chi connectivity index (χ1n) is 3.65. The Morgan fingerprint density at radius 2 is 2.15 bits per heavy atom. The molecule has 0 saturated heterocycles. The Hall–Kier alpha value is -1.48. The van der Waals surface area contributed by atoms with Gasteiger partial charge in [-0.05, 0) is 5.75 Å². The van der Waals surface area contributed by atoms with E-state index in [2.05, 4.69) is 9.97 Å². The Bertz CT molecular complexity index is 357. The standard InChI is InChI=1S/C7H9N5S/c1-2-13-6-4(3-8)5(9)11-7(10)12-6/h2H2,1H3,(H4,9,10,11,12). The first-order valence-corrected chi connectivity index (χ1v) is 4.63. The summed E-state index contributed by atoms with van der Waals surface area (Å²) in [5.74, 6) is 1.06. The molecule has 1 aromatic rings. The molecule has 13 heavy (non-hydrogen) atoms. The minimum Gasteiger partial charge on any atom is -0.382 e. The van der Waals surface area contributed by atoms with Crippen LogP contribution in [0.5, 0.6) is 0 Å². The van der Waals surface area contributed by atoms with E-state index in [4.69, 9.17) is 16.7 Å². The van der Waals surface area contributed by atoms with Gasteiger partial charge >= 0.3 is 0 Å². The molecular weight excluding hydrogens is 186 g/mol. The third-order valence-electron chi connectivity index (χ3n) is 1.31. The monoisotopic (exact) mass is 195 g/mol. The minimum absolute atomic E-state index is 0.104. The highest BCUT2D eigenvalue weighted by molar-refractivity contribution is 7.99. The number of nitrogens with two attached hydrogens (primary N) is 2. The van der Waals surface area contributed by atoms with Gasteiger partial charge in [0.25, 0.3) is 0 Å². The van der Waals surface area contributed by atoms with Crippen molar-refractivity contribution < 1.29 is 0 Å². The van der Waals surface area contributed by atoms with Crippen LogP contribution >= 0.6 is 11.8 Å². The zero-order valence-corrected chi connectivity index (χ0v) is 7.93. The third-order valence-corrected chi connectivity index (χ3v) is 2.17. The minimum atomic E-state index is 0.104. The Kier molecular flexibility index (Phi) is 2.93. The molecule has 0 radical (unpaired) electrons. The van der Waals surface area contributed by atoms with Gasteiger partial charge in [-0.1, -0.05) is 6.92 Å². The van der Waals surface area contributed by atoms with Crippen LogP contribution in [0.25, 0.3) is 0 Å². The van der Waals surface area contributed by atoms with E-state index in [1.807, 2.05) is 13.0 Å². The van der Waals surface area contributed by atoms with Gasteiger partial charge in [-0.15, -0.1) is 11.8 Å². The molecule has 0 aliphatic heterocycles. The molecular formula is C7H9N5S. The van der Waals surface area contributed by atoms with Crippen LogP contribution in [-0.4, -0.2) is 15.7 Å². The number of nitriles is 1. The van der Waals surface area contributed by atoms with Gasteiger partial charge in [-0.3, -0.25) is 0 Å². The van der Waals surface area contributed by atoms with E-state index >= 15 is 0 Å². The maximum absolute atomic E-state index is 8.75. The van der Waals surface area contributed by atoms with E-state index in [1.54, 1.807) is 0 Å². The van der Waals surface area contributed by atoms with Crippen LogP contribution < -0.4 is 11.5 Å². The maximum atomic E-state index is 8.75. The normalized spacial score (nSPS) is 9.54. The fraction of sp³-hybridized carbons (Fsp3) is 0.286. The van der Waals surface area contributed by atoms with Gasteiger partial charge in [0.15, 0.2) is 0 Å². The van der Waals surface area contributed by atoms with Crippen molar-refractivity contribution in [2.75, 3.05) is 17.2 Å². The summed E-state index contributed by atoms with van der Waals surface area (Å²) in [5.41, 5.74) is 11.2. The molecule has 0 saturated carbocycles. The molecule has 0 aliphatic carbocycles. The number of nitrogen functional groups attached to an aromatic ring is 2. The third kappa shape index (κ3) is 2.00. The maximum Gasteiger partial charge on any atom is 0.223 e. The van der Waals surface area contributed by atoms with E-state index in [0.717, 1.165) is 5.75 Å². The van der Waals surface area contributed by atoms with E-state index in [1.165, 1.54) is 11.8 Å². The predicted octanol–water partition coefficient (Wildman–Crippen LogP) is 0.625. The van der Waals surface area contributed by atoms with Crippen molar-refractivity contribution in [2.45, 2.75) is 11.9 Å². The smallest absolute Gasteiger partial charge is 0.223 e. The van der Waals surface area contributed by atoms with Crippen molar-refractivity contribution in [3.05, 3.63) is 5.56 Å². The van der Waals surface area contributed by atoms with Gasteiger partial charge in [-0.25, -0.2) is 4.98 Å². The van der Waals surface area contributed by atoms with Crippen molar-refractivity contribution in [1.29, 1.82) is 5.26 Å². The number of thioether (sulfide) groups is 1. The van der Waals surface area contributed by atoms with Crippen molar-refractivity contribution in [3.8, 4) is 6.07 Å². The van der Waals surface area contributed by atoms with Crippen molar-refractivity contribution in [3.63, 3.8) is 0 Å². The van der Waals surface area contributed by atoms with Gasteiger partial charge in [0, 0.05) is 0 Å². The van der Waals surface area contributed by atoms with Gasteiger partial charge in [0.1, 0.15) is 22.5 Å². The molecule has 1 heterocycles. The Morgan fingerprint density at radius 3 is 2.69 bits per heavy atom. The number of rotatable bonds is 2. The highest BCUT2D eigenvalue weighted by Crippen LogP contribution is 2.23. The van der Waals surface area contributed by atoms with Crippen molar-refractivity contribution in [1.82, 2.24) is 9.97 Å². The van der Waals surface area contributed by atoms with Crippen LogP contribution in [0.15, 0.2) is 5.03 Å². The number of aromatic nitrogens is 2. The lowest BCUT2D eigenvalue weighted by Gasteiger charge is -2.03. The summed E-state index contributed by atoms with van der Waals surface area (Å²) in [6.07, 6.45) is 0. The predicted molar refractivity (Wildman–Crippen MR) is 52.0 cm³/mol. The first kappa shape index (κ1) is 9.61. The number of anilines is 2. The lowest BCUT2D eigenvalue weighted by molar-refractivity contribution is 1.05. The second-order valence-electron chi connectivity index (χ2n) is 2.19. The summed E-state index contributed by atoms with van der Waals surface area (Å²) in [6, 6.07) is 1.95. The number of nitrogens with zero attached hydrogens (tertiary/aromatic N) is 3. The largest absolute Gasteiger partial charge is 0.382 e. The molecule has 0 aliphatic rings. The van der Waals surface area contributed by atoms with E-state index in [-0.39, 0.29) is 11.8 Å². The van der Waals surface area contributed by atoms with Crippen molar-refractivity contribution in [2.24, 2.45) is 0 Å². The molecule has 1 aromatic heterocycles. The molecule has 0 unspecified atom stereocenters. The van der Waals surface area contributed by atoms with Gasteiger partial charge in [0.05, 0.1) is 0 Å². The molecule has 6 heteroatoms. The molecule has 0 fully saturated rings. The van der Waals surface area contributed by atoms with Crippen LogP contribution in [0.2, 0.25) is 0 Å². The second-order valence-corrected chi connectivity index (χ2v) is 3.44. The van der Waals surface area contributed by atoms with E-state index in [0.29, 0.717) is 10.6 Å². The molecule has 4 N–H and O–H groups in total. The molecule has 0 aromatic carbocycles. The van der Waals surface area contributed by atoms with Gasteiger partial charge in [0.2, 0.25) is 5.95 Å². The summed E-state index contributed by atoms with van der Waals surface area (Å²) in [7, 11) is 0. The topological polar surface area (TPSA) is 102 Å². The summed E-state index contributed by atoms with van der Waals surface area (Å²) in [4.78, 5) is 7.62. The zero-order valence-electron chi connectivity index (χ0n) is 7.11. The SMILES string of the molecule is CCSc1nc(N)nc(N)c1C#N. The molecule has 0 atom stereocenters. The average molecular weight is 195 g/mol. The number of hydrogen-bond acceptors (Lipinski definition) is 6. The van der Waals surface area contributed by atoms with Gasteiger partial charge < -0.3 is 11.5 Å². The average Bonchev–Trinajstić information content (AvgIpc) is 2.04. The molecule has 0 bridgehead atoms. The van der Waals surface area contributed by atoms with Crippen molar-refractivity contribution >= 4 is 23.5 Å². The highest BCUT2D eigenvalue weighted by atomic mass is 32.2. The fourth-order valence-corrected chi connectivity index (χ4v) is 1.55. The van der Waals surface area contributed by atoms with Gasteiger partial charge in [-0.2, -0.15) is 10.2 Å². The fourth-order valence-electron chi connectivity index (χ4n) is 0.820. The van der Waals surface area contributed by atoms with Crippen LogP contribution in [-0.2, 0) is 0 Å². The van der Waals surface area contributed by atoms with Crippen LogP contribution in [0, 0.1) is 11.3 Å². The molecule has 1 rings (SSSR count). The van der Waals surface area contributed by atoms with E-state index < -0.39 is 0 Å². The van der Waals surface area contributed by atoms with Crippen LogP contribution in [0.4, 0.5) is 11.8 Å². The Morgan fingerprint density at radius 1 is 1.46 bits per heavy atom.